The van der Waals surface area contributed by atoms with Gasteiger partial charge in [0.25, 0.3) is 5.91 Å². The minimum atomic E-state index is -1.76. The van der Waals surface area contributed by atoms with E-state index in [1.807, 2.05) is 20.8 Å². The number of nitrogens with zero attached hydrogens (tertiary/aromatic N) is 3. The van der Waals surface area contributed by atoms with Crippen molar-refractivity contribution in [2.45, 2.75) is 46.8 Å². The molecule has 3 rings (SSSR count). The van der Waals surface area contributed by atoms with Gasteiger partial charge in [-0.05, 0) is 31.1 Å². The van der Waals surface area contributed by atoms with Gasteiger partial charge in [0, 0.05) is 19.2 Å². The molecule has 1 aromatic rings. The number of nitrogens with two attached hydrogens (primary N) is 1. The number of primary amides is 1. The first-order valence-corrected chi connectivity index (χ1v) is 9.21. The predicted octanol–water partition coefficient (Wildman–Crippen LogP) is 0.398. The van der Waals surface area contributed by atoms with Crippen molar-refractivity contribution in [3.63, 3.8) is 0 Å². The summed E-state index contributed by atoms with van der Waals surface area (Å²) in [4.78, 5) is 39.5. The smallest absolute Gasteiger partial charge is 0.271 e. The zero-order chi connectivity index (χ0) is 20.1. The van der Waals surface area contributed by atoms with Crippen molar-refractivity contribution in [3.8, 4) is 0 Å². The largest absolute Gasteiger partial charge is 0.370 e. The first-order chi connectivity index (χ1) is 12.5. The fourth-order valence-electron chi connectivity index (χ4n) is 3.74. The second-order valence-corrected chi connectivity index (χ2v) is 8.52. The van der Waals surface area contributed by atoms with Crippen LogP contribution >= 0.6 is 0 Å². The van der Waals surface area contributed by atoms with Crippen molar-refractivity contribution < 1.29 is 19.5 Å². The van der Waals surface area contributed by atoms with Crippen LogP contribution in [0.5, 0.6) is 0 Å². The molecule has 9 nitrogen and oxygen atoms in total. The van der Waals surface area contributed by atoms with Crippen molar-refractivity contribution in [1.29, 1.82) is 0 Å². The Hall–Kier alpha value is -2.42. The molecule has 1 fully saturated rings. The molecule has 1 saturated carbocycles. The maximum atomic E-state index is 13.4. The number of aromatic nitrogens is 2. The Morgan fingerprint density at radius 1 is 1.41 bits per heavy atom. The van der Waals surface area contributed by atoms with Crippen molar-refractivity contribution in [2.24, 2.45) is 22.5 Å². The van der Waals surface area contributed by atoms with Crippen LogP contribution in [0.1, 0.15) is 57.3 Å². The molecule has 2 aliphatic rings. The lowest BCUT2D eigenvalue weighted by Crippen LogP contribution is -2.62. The van der Waals surface area contributed by atoms with Gasteiger partial charge in [-0.1, -0.05) is 20.8 Å². The number of aliphatic hydroxyl groups is 1. The summed E-state index contributed by atoms with van der Waals surface area (Å²) in [6.07, 6.45) is -0.270. The molecule has 1 aliphatic heterocycles. The molecular formula is C18H27N5O4. The number of anilines is 1. The molecule has 0 saturated heterocycles. The quantitative estimate of drug-likeness (QED) is 0.639. The molecule has 27 heavy (non-hydrogen) atoms. The molecule has 9 heteroatoms. The van der Waals surface area contributed by atoms with Gasteiger partial charge in [0.15, 0.2) is 17.3 Å². The van der Waals surface area contributed by atoms with Crippen molar-refractivity contribution in [1.82, 2.24) is 15.1 Å². The van der Waals surface area contributed by atoms with Crippen molar-refractivity contribution in [3.05, 3.63) is 11.8 Å². The minimum absolute atomic E-state index is 0.0775. The summed E-state index contributed by atoms with van der Waals surface area (Å²) in [5.74, 6) is -1.82. The van der Waals surface area contributed by atoms with Crippen LogP contribution in [0.3, 0.4) is 0 Å². The number of aliphatic hydroxyl groups excluding tert-OH is 1. The summed E-state index contributed by atoms with van der Waals surface area (Å²) in [7, 11) is 0. The molecule has 0 radical (unpaired) electrons. The van der Waals surface area contributed by atoms with E-state index in [1.165, 1.54) is 15.6 Å². The highest BCUT2D eigenvalue weighted by Gasteiger charge is 2.65. The number of fused-ring (bicyclic) bond motifs is 1. The first kappa shape index (κ1) is 19.3. The van der Waals surface area contributed by atoms with Gasteiger partial charge < -0.3 is 16.2 Å². The number of rotatable bonds is 5. The van der Waals surface area contributed by atoms with Crippen LogP contribution in [0.2, 0.25) is 0 Å². The van der Waals surface area contributed by atoms with Crippen molar-refractivity contribution >= 4 is 23.5 Å². The first-order valence-electron chi connectivity index (χ1n) is 9.21. The van der Waals surface area contributed by atoms with Crippen LogP contribution in [0, 0.1) is 16.7 Å². The Balaban J connectivity index is 2.17. The Labute approximate surface area is 157 Å². The van der Waals surface area contributed by atoms with Crippen LogP contribution < -0.4 is 16.0 Å². The van der Waals surface area contributed by atoms with Gasteiger partial charge in [0.2, 0.25) is 11.8 Å². The zero-order valence-corrected chi connectivity index (χ0v) is 16.2. The third-order valence-corrected chi connectivity index (χ3v) is 5.06. The van der Waals surface area contributed by atoms with Gasteiger partial charge in [0.1, 0.15) is 5.82 Å². The highest BCUT2D eigenvalue weighted by atomic mass is 16.3. The average Bonchev–Trinajstić information content (AvgIpc) is 3.29. The van der Waals surface area contributed by atoms with E-state index in [0.29, 0.717) is 31.7 Å². The van der Waals surface area contributed by atoms with Crippen LogP contribution in [-0.4, -0.2) is 45.7 Å². The SMILES string of the molecule is CCNC(=O)c1cc2n(n1)C(O)C(C(N)=O)(C1CC1)C(=O)N2CC(C)(C)C. The Kier molecular flexibility index (Phi) is 4.54. The van der Waals surface area contributed by atoms with Crippen LogP contribution in [0.4, 0.5) is 5.82 Å². The maximum Gasteiger partial charge on any atom is 0.271 e. The Morgan fingerprint density at radius 3 is 2.52 bits per heavy atom. The molecule has 2 heterocycles. The molecule has 148 valence electrons. The van der Waals surface area contributed by atoms with Gasteiger partial charge in [0.05, 0.1) is 0 Å². The van der Waals surface area contributed by atoms with Gasteiger partial charge >= 0.3 is 0 Å². The summed E-state index contributed by atoms with van der Waals surface area (Å²) < 4.78 is 1.20. The number of carbonyl (C=O) groups excluding carboxylic acids is 3. The lowest BCUT2D eigenvalue weighted by Gasteiger charge is -2.44. The third kappa shape index (κ3) is 2.99. The molecule has 1 aromatic heterocycles. The molecule has 2 atom stereocenters. The standard InChI is InChI=1S/C18H27N5O4/c1-5-20-13(24)11-8-12-22(9-17(2,3)4)15(26)18(14(19)25,10-6-7-10)16(27)23(12)21-11/h8,10,16,27H,5-7,9H2,1-4H3,(H2,19,25)(H,20,24). The van der Waals surface area contributed by atoms with Crippen LogP contribution in [0.15, 0.2) is 6.07 Å². The number of nitrogens with one attached hydrogen (secondary N) is 1. The van der Waals surface area contributed by atoms with Gasteiger partial charge in [-0.3, -0.25) is 19.3 Å². The van der Waals surface area contributed by atoms with Gasteiger partial charge in [-0.15, -0.1) is 0 Å². The Bertz CT molecular complexity index is 792. The molecule has 4 N–H and O–H groups in total. The molecule has 0 aromatic carbocycles. The third-order valence-electron chi connectivity index (χ3n) is 5.06. The van der Waals surface area contributed by atoms with E-state index in [-0.39, 0.29) is 17.0 Å². The van der Waals surface area contributed by atoms with E-state index in [0.717, 1.165) is 0 Å². The molecular weight excluding hydrogens is 350 g/mol. The van der Waals surface area contributed by atoms with E-state index in [9.17, 15) is 19.5 Å². The lowest BCUT2D eigenvalue weighted by molar-refractivity contribution is -0.160. The minimum Gasteiger partial charge on any atom is -0.370 e. The second-order valence-electron chi connectivity index (χ2n) is 8.52. The summed E-state index contributed by atoms with van der Waals surface area (Å²) in [5.41, 5.74) is 3.68. The van der Waals surface area contributed by atoms with E-state index < -0.39 is 29.4 Å². The summed E-state index contributed by atoms with van der Waals surface area (Å²) in [6.45, 7) is 8.37. The lowest BCUT2D eigenvalue weighted by atomic mass is 9.76. The second kappa shape index (κ2) is 6.33. The normalized spacial score (nSPS) is 25.3. The highest BCUT2D eigenvalue weighted by molar-refractivity contribution is 6.13. The molecule has 3 amide bonds. The highest BCUT2D eigenvalue weighted by Crippen LogP contribution is 2.55. The van der Waals surface area contributed by atoms with Crippen molar-refractivity contribution in [2.75, 3.05) is 18.0 Å². The molecule has 2 unspecified atom stereocenters. The maximum absolute atomic E-state index is 13.4. The van der Waals surface area contributed by atoms with E-state index >= 15 is 0 Å². The molecule has 0 bridgehead atoms. The van der Waals surface area contributed by atoms with Gasteiger partial charge in [-0.2, -0.15) is 5.10 Å². The summed E-state index contributed by atoms with van der Waals surface area (Å²) in [6, 6.07) is 1.47. The van der Waals surface area contributed by atoms with E-state index in [2.05, 4.69) is 10.4 Å². The van der Waals surface area contributed by atoms with Crippen LogP contribution in [0.25, 0.3) is 0 Å². The Morgan fingerprint density at radius 2 is 2.04 bits per heavy atom. The topological polar surface area (TPSA) is 131 Å². The zero-order valence-electron chi connectivity index (χ0n) is 16.2. The fraction of sp³-hybridized carbons (Fsp3) is 0.667. The van der Waals surface area contributed by atoms with E-state index in [4.69, 9.17) is 5.73 Å². The predicted molar refractivity (Wildman–Crippen MR) is 97.6 cm³/mol. The van der Waals surface area contributed by atoms with Crippen LogP contribution in [-0.2, 0) is 9.59 Å². The summed E-state index contributed by atoms with van der Waals surface area (Å²) >= 11 is 0. The molecule has 1 aliphatic carbocycles. The molecule has 0 spiro atoms. The fourth-order valence-corrected chi connectivity index (χ4v) is 3.74. The van der Waals surface area contributed by atoms with E-state index in [1.54, 1.807) is 6.92 Å². The average molecular weight is 377 g/mol. The van der Waals surface area contributed by atoms with Gasteiger partial charge in [-0.25, -0.2) is 4.68 Å². The number of carbonyl (C=O) groups is 3. The number of hydrogen-bond donors (Lipinski definition) is 3. The number of amides is 3. The number of hydrogen-bond acceptors (Lipinski definition) is 5. The summed E-state index contributed by atoms with van der Waals surface area (Å²) in [5, 5.41) is 17.8. The monoisotopic (exact) mass is 377 g/mol.